The Morgan fingerprint density at radius 3 is 2.95 bits per heavy atom. The maximum Gasteiger partial charge on any atom is 0.288 e. The van der Waals surface area contributed by atoms with Gasteiger partial charge in [0.05, 0.1) is 4.92 Å². The maximum atomic E-state index is 10.8. The minimum Gasteiger partial charge on any atom is -0.396 e. The van der Waals surface area contributed by atoms with E-state index in [2.05, 4.69) is 4.90 Å². The summed E-state index contributed by atoms with van der Waals surface area (Å²) in [6, 6.07) is 3.18. The van der Waals surface area contributed by atoms with Crippen molar-refractivity contribution < 1.29 is 10.0 Å². The molecule has 0 aromatic heterocycles. The summed E-state index contributed by atoms with van der Waals surface area (Å²) >= 11 is 5.97. The van der Waals surface area contributed by atoms with Gasteiger partial charge in [-0.15, -0.1) is 0 Å². The lowest BCUT2D eigenvalue weighted by Gasteiger charge is -2.34. The predicted octanol–water partition coefficient (Wildman–Crippen LogP) is 2.77. The molecule has 1 heterocycles. The van der Waals surface area contributed by atoms with Crippen molar-refractivity contribution in [3.05, 3.63) is 32.8 Å². The fourth-order valence-corrected chi connectivity index (χ4v) is 2.80. The lowest BCUT2D eigenvalue weighted by atomic mass is 9.98. The molecule has 1 aromatic carbocycles. The number of nitro benzene ring substituents is 1. The molecule has 1 N–H and O–H groups in total. The van der Waals surface area contributed by atoms with Crippen LogP contribution in [0.5, 0.6) is 0 Å². The zero-order chi connectivity index (χ0) is 14.0. The first-order valence-corrected chi connectivity index (χ1v) is 6.71. The molecule has 1 aliphatic heterocycles. The zero-order valence-corrected chi connectivity index (χ0v) is 11.6. The van der Waals surface area contributed by atoms with Gasteiger partial charge >= 0.3 is 0 Å². The van der Waals surface area contributed by atoms with Crippen LogP contribution >= 0.6 is 11.6 Å². The number of hydrogen-bond donors (Lipinski definition) is 1. The topological polar surface area (TPSA) is 66.6 Å². The third-order valence-electron chi connectivity index (χ3n) is 3.58. The number of aliphatic hydroxyl groups is 1. The van der Waals surface area contributed by atoms with Crippen LogP contribution in [0.1, 0.15) is 18.4 Å². The van der Waals surface area contributed by atoms with Gasteiger partial charge in [-0.2, -0.15) is 0 Å². The van der Waals surface area contributed by atoms with E-state index < -0.39 is 4.92 Å². The van der Waals surface area contributed by atoms with Gasteiger partial charge in [0.1, 0.15) is 5.02 Å². The van der Waals surface area contributed by atoms with Gasteiger partial charge in [0, 0.05) is 31.5 Å². The van der Waals surface area contributed by atoms with E-state index in [4.69, 9.17) is 11.6 Å². The number of nitrogens with zero attached hydrogens (tertiary/aromatic N) is 2. The van der Waals surface area contributed by atoms with Crippen LogP contribution in [0.15, 0.2) is 12.1 Å². The normalized spacial score (nSPS) is 19.5. The molecule has 0 bridgehead atoms. The number of aryl methyl sites for hydroxylation is 1. The fourth-order valence-electron chi connectivity index (χ4n) is 2.57. The molecule has 1 aromatic rings. The third kappa shape index (κ3) is 2.98. The average Bonchev–Trinajstić information content (AvgIpc) is 2.40. The highest BCUT2D eigenvalue weighted by molar-refractivity contribution is 6.33. The van der Waals surface area contributed by atoms with E-state index in [0.29, 0.717) is 0 Å². The lowest BCUT2D eigenvalue weighted by Crippen LogP contribution is -2.37. The number of piperidine rings is 1. The Balaban J connectivity index is 2.30. The quantitative estimate of drug-likeness (QED) is 0.684. The van der Waals surface area contributed by atoms with Crippen molar-refractivity contribution in [2.75, 3.05) is 24.6 Å². The van der Waals surface area contributed by atoms with E-state index in [9.17, 15) is 15.2 Å². The van der Waals surface area contributed by atoms with Gasteiger partial charge in [-0.3, -0.25) is 10.1 Å². The second-order valence-electron chi connectivity index (χ2n) is 4.98. The summed E-state index contributed by atoms with van der Waals surface area (Å²) in [7, 11) is 0. The molecule has 1 fully saturated rings. The maximum absolute atomic E-state index is 10.8. The summed E-state index contributed by atoms with van der Waals surface area (Å²) in [5.74, 6) is 0.266. The van der Waals surface area contributed by atoms with E-state index in [1.807, 2.05) is 6.92 Å². The monoisotopic (exact) mass is 284 g/mol. The molecule has 104 valence electrons. The first kappa shape index (κ1) is 14.1. The number of rotatable bonds is 3. The second kappa shape index (κ2) is 5.75. The Kier molecular flexibility index (Phi) is 4.27. The van der Waals surface area contributed by atoms with Crippen LogP contribution in [0.3, 0.4) is 0 Å². The standard InChI is InChI=1S/C13H17ClN2O3/c1-9-5-13(16(18)19)11(14)6-12(9)15-4-2-3-10(7-15)8-17/h5-6,10,17H,2-4,7-8H2,1H3. The Hall–Kier alpha value is -1.33. The Morgan fingerprint density at radius 2 is 2.32 bits per heavy atom. The molecule has 6 heteroatoms. The molecule has 0 spiro atoms. The van der Waals surface area contributed by atoms with Crippen molar-refractivity contribution in [2.24, 2.45) is 5.92 Å². The number of halogens is 1. The number of anilines is 1. The van der Waals surface area contributed by atoms with Crippen LogP contribution < -0.4 is 4.90 Å². The smallest absolute Gasteiger partial charge is 0.288 e. The highest BCUT2D eigenvalue weighted by atomic mass is 35.5. The van der Waals surface area contributed by atoms with Crippen LogP contribution in [0.2, 0.25) is 5.02 Å². The largest absolute Gasteiger partial charge is 0.396 e. The molecule has 0 amide bonds. The van der Waals surface area contributed by atoms with Crippen LogP contribution in [-0.2, 0) is 0 Å². The molecule has 1 atom stereocenters. The molecule has 0 aliphatic carbocycles. The van der Waals surface area contributed by atoms with Crippen molar-refractivity contribution in [1.29, 1.82) is 0 Å². The summed E-state index contributed by atoms with van der Waals surface area (Å²) in [5, 5.41) is 20.3. The van der Waals surface area contributed by atoms with Crippen LogP contribution in [-0.4, -0.2) is 29.7 Å². The molecule has 0 radical (unpaired) electrons. The van der Waals surface area contributed by atoms with Crippen LogP contribution in [0, 0.1) is 23.0 Å². The van der Waals surface area contributed by atoms with Gasteiger partial charge in [0.15, 0.2) is 0 Å². The second-order valence-corrected chi connectivity index (χ2v) is 5.39. The molecular formula is C13H17ClN2O3. The fraction of sp³-hybridized carbons (Fsp3) is 0.538. The Labute approximate surface area is 116 Å². The van der Waals surface area contributed by atoms with Gasteiger partial charge in [-0.05, 0) is 37.3 Å². The predicted molar refractivity (Wildman–Crippen MR) is 74.9 cm³/mol. The Morgan fingerprint density at radius 1 is 1.58 bits per heavy atom. The van der Waals surface area contributed by atoms with E-state index in [-0.39, 0.29) is 23.2 Å². The van der Waals surface area contributed by atoms with Crippen molar-refractivity contribution in [2.45, 2.75) is 19.8 Å². The van der Waals surface area contributed by atoms with Crippen LogP contribution in [0.25, 0.3) is 0 Å². The third-order valence-corrected chi connectivity index (χ3v) is 3.88. The van der Waals surface area contributed by atoms with Gasteiger partial charge in [0.2, 0.25) is 0 Å². The Bertz CT molecular complexity index is 493. The van der Waals surface area contributed by atoms with Gasteiger partial charge < -0.3 is 10.0 Å². The first-order chi connectivity index (χ1) is 9.02. The first-order valence-electron chi connectivity index (χ1n) is 6.33. The van der Waals surface area contributed by atoms with Crippen molar-refractivity contribution in [3.8, 4) is 0 Å². The summed E-state index contributed by atoms with van der Waals surface area (Å²) in [6.07, 6.45) is 2.03. The van der Waals surface area contributed by atoms with E-state index in [0.717, 1.165) is 37.2 Å². The highest BCUT2D eigenvalue weighted by Gasteiger charge is 2.23. The molecule has 2 rings (SSSR count). The molecular weight excluding hydrogens is 268 g/mol. The highest BCUT2D eigenvalue weighted by Crippen LogP contribution is 2.34. The molecule has 1 aliphatic rings. The minimum absolute atomic E-state index is 0.0568. The van der Waals surface area contributed by atoms with E-state index in [1.165, 1.54) is 6.07 Å². The summed E-state index contributed by atoms with van der Waals surface area (Å²) in [6.45, 7) is 3.69. The van der Waals surface area contributed by atoms with Gasteiger partial charge in [0.25, 0.3) is 5.69 Å². The number of aliphatic hydroxyl groups excluding tert-OH is 1. The molecule has 1 unspecified atom stereocenters. The molecule has 19 heavy (non-hydrogen) atoms. The number of benzene rings is 1. The van der Waals surface area contributed by atoms with Crippen LogP contribution in [0.4, 0.5) is 11.4 Å². The van der Waals surface area contributed by atoms with Crippen molar-refractivity contribution in [1.82, 2.24) is 0 Å². The van der Waals surface area contributed by atoms with E-state index in [1.54, 1.807) is 6.07 Å². The van der Waals surface area contributed by atoms with E-state index >= 15 is 0 Å². The minimum atomic E-state index is -0.466. The molecule has 0 saturated carbocycles. The summed E-state index contributed by atoms with van der Waals surface area (Å²) in [5.41, 5.74) is 1.71. The summed E-state index contributed by atoms with van der Waals surface area (Å²) < 4.78 is 0. The average molecular weight is 285 g/mol. The zero-order valence-electron chi connectivity index (χ0n) is 10.8. The molecule has 5 nitrogen and oxygen atoms in total. The van der Waals surface area contributed by atoms with Gasteiger partial charge in [-0.1, -0.05) is 11.6 Å². The van der Waals surface area contributed by atoms with Gasteiger partial charge in [-0.25, -0.2) is 0 Å². The SMILES string of the molecule is Cc1cc([N+](=O)[O-])c(Cl)cc1N1CCCC(CO)C1. The molecule has 1 saturated heterocycles. The van der Waals surface area contributed by atoms with Crippen molar-refractivity contribution >= 4 is 23.0 Å². The lowest BCUT2D eigenvalue weighted by molar-refractivity contribution is -0.384. The number of nitro groups is 1. The van der Waals surface area contributed by atoms with Crippen molar-refractivity contribution in [3.63, 3.8) is 0 Å². The summed E-state index contributed by atoms with van der Waals surface area (Å²) in [4.78, 5) is 12.5. The number of hydrogen-bond acceptors (Lipinski definition) is 4.